The van der Waals surface area contributed by atoms with E-state index < -0.39 is 28.2 Å². The molecule has 1 heterocycles. The first kappa shape index (κ1) is 22.5. The van der Waals surface area contributed by atoms with E-state index in [0.717, 1.165) is 4.31 Å². The minimum Gasteiger partial charge on any atom is -0.495 e. The van der Waals surface area contributed by atoms with Gasteiger partial charge in [0.05, 0.1) is 29.3 Å². The molecule has 0 bridgehead atoms. The number of halogens is 1. The third-order valence-electron chi connectivity index (χ3n) is 4.53. The van der Waals surface area contributed by atoms with Crippen molar-refractivity contribution in [1.82, 2.24) is 0 Å². The fourth-order valence-electron chi connectivity index (χ4n) is 3.10. The van der Waals surface area contributed by atoms with E-state index in [0.29, 0.717) is 0 Å². The number of carbonyl (C=O) groups is 2. The number of aliphatic carboxylic acids is 1. The van der Waals surface area contributed by atoms with Gasteiger partial charge in [-0.25, -0.2) is 13.2 Å². The highest BCUT2D eigenvalue weighted by molar-refractivity contribution is 7.92. The first-order valence-corrected chi connectivity index (χ1v) is 10.8. The minimum atomic E-state index is -4.15. The number of carboxylic acid groups (broad SMARTS) is 2. The minimum absolute atomic E-state index is 0.0832. The second-order valence-corrected chi connectivity index (χ2v) is 8.89. The lowest BCUT2D eigenvalue weighted by atomic mass is 10.1. The van der Waals surface area contributed by atoms with Crippen molar-refractivity contribution in [2.24, 2.45) is 0 Å². The third-order valence-corrected chi connectivity index (χ3v) is 6.62. The molecule has 1 aliphatic heterocycles. The maximum Gasteiger partial charge on any atom is 0.409 e. The number of nitrogens with one attached hydrogen (secondary N) is 1. The van der Waals surface area contributed by atoms with Crippen LogP contribution in [-0.4, -0.2) is 50.5 Å². The summed E-state index contributed by atoms with van der Waals surface area (Å²) >= 11 is 6.00. The molecule has 0 aromatic heterocycles. The van der Waals surface area contributed by atoms with Crippen LogP contribution in [0.3, 0.4) is 0 Å². The number of anilines is 2. The van der Waals surface area contributed by atoms with Crippen molar-refractivity contribution in [3.05, 3.63) is 41.4 Å². The van der Waals surface area contributed by atoms with Crippen molar-refractivity contribution in [2.75, 3.05) is 23.3 Å². The van der Waals surface area contributed by atoms with E-state index in [-0.39, 0.29) is 52.2 Å². The lowest BCUT2D eigenvalue weighted by Gasteiger charge is -2.35. The number of sulfonamides is 1. The second-order valence-electron chi connectivity index (χ2n) is 6.62. The highest BCUT2D eigenvalue weighted by Crippen LogP contribution is 2.40. The van der Waals surface area contributed by atoms with Gasteiger partial charge in [0.2, 0.25) is 0 Å². The Balaban J connectivity index is 2.07. The van der Waals surface area contributed by atoms with Crippen molar-refractivity contribution in [1.29, 1.82) is 0 Å². The molecule has 1 amide bonds. The van der Waals surface area contributed by atoms with Crippen molar-refractivity contribution < 1.29 is 37.7 Å². The molecule has 1 atom stereocenters. The lowest BCUT2D eigenvalue weighted by Crippen LogP contribution is -2.43. The van der Waals surface area contributed by atoms with Gasteiger partial charge in [-0.2, -0.15) is 0 Å². The average Bonchev–Trinajstić information content (AvgIpc) is 2.71. The Morgan fingerprint density at radius 1 is 1.26 bits per heavy atom. The summed E-state index contributed by atoms with van der Waals surface area (Å²) in [5.74, 6) is -0.686. The van der Waals surface area contributed by atoms with Crippen LogP contribution in [0.25, 0.3) is 0 Å². The van der Waals surface area contributed by atoms with Crippen LogP contribution in [0.1, 0.15) is 12.8 Å². The molecule has 10 nitrogen and oxygen atoms in total. The molecule has 3 N–H and O–H groups in total. The van der Waals surface area contributed by atoms with Gasteiger partial charge in [0, 0.05) is 18.2 Å². The topological polar surface area (TPSA) is 142 Å². The summed E-state index contributed by atoms with van der Waals surface area (Å²) in [4.78, 5) is 21.8. The van der Waals surface area contributed by atoms with Crippen LogP contribution in [0.5, 0.6) is 11.5 Å². The Kier molecular flexibility index (Phi) is 6.46. The number of rotatable bonds is 7. The first-order valence-electron chi connectivity index (χ1n) is 9.00. The Morgan fingerprint density at radius 2 is 2.00 bits per heavy atom. The van der Waals surface area contributed by atoms with E-state index in [1.54, 1.807) is 0 Å². The van der Waals surface area contributed by atoms with Gasteiger partial charge in [0.25, 0.3) is 10.0 Å². The quantitative estimate of drug-likeness (QED) is 0.559. The number of methoxy groups -OCH3 is 1. The number of benzene rings is 2. The molecule has 0 fully saturated rings. The second kappa shape index (κ2) is 8.90. The first-order chi connectivity index (χ1) is 14.6. The summed E-state index contributed by atoms with van der Waals surface area (Å²) in [5.41, 5.74) is 0.263. The molecule has 2 aromatic carbocycles. The summed E-state index contributed by atoms with van der Waals surface area (Å²) in [6.07, 6.45) is -2.15. The summed E-state index contributed by atoms with van der Waals surface area (Å²) in [6.45, 7) is -0.163. The number of amides is 1. The number of hydrogen-bond acceptors (Lipinski definition) is 6. The summed E-state index contributed by atoms with van der Waals surface area (Å²) in [6, 6.07) is 8.17. The molecule has 31 heavy (non-hydrogen) atoms. The molecule has 3 rings (SSSR count). The molecule has 2 aromatic rings. The Bertz CT molecular complexity index is 1120. The fourth-order valence-corrected chi connectivity index (χ4v) is 4.81. The van der Waals surface area contributed by atoms with Gasteiger partial charge in [0.15, 0.2) is 0 Å². The van der Waals surface area contributed by atoms with Crippen molar-refractivity contribution in [2.45, 2.75) is 23.8 Å². The largest absolute Gasteiger partial charge is 0.495 e. The zero-order valence-electron chi connectivity index (χ0n) is 16.2. The Labute approximate surface area is 183 Å². The summed E-state index contributed by atoms with van der Waals surface area (Å²) in [5, 5.41) is 20.3. The highest BCUT2D eigenvalue weighted by Gasteiger charge is 2.35. The smallest absolute Gasteiger partial charge is 0.409 e. The van der Waals surface area contributed by atoms with E-state index in [2.05, 4.69) is 5.32 Å². The van der Waals surface area contributed by atoms with Crippen LogP contribution in [0.2, 0.25) is 5.02 Å². The van der Waals surface area contributed by atoms with Gasteiger partial charge < -0.3 is 19.7 Å². The van der Waals surface area contributed by atoms with Crippen molar-refractivity contribution in [3.8, 4) is 11.5 Å². The molecular formula is C19H19ClN2O8S. The molecule has 1 aliphatic rings. The number of hydrogen-bond donors (Lipinski definition) is 3. The summed E-state index contributed by atoms with van der Waals surface area (Å²) in [7, 11) is -2.79. The lowest BCUT2D eigenvalue weighted by molar-refractivity contribution is -0.137. The van der Waals surface area contributed by atoms with Crippen LogP contribution in [0.15, 0.2) is 41.3 Å². The normalized spacial score (nSPS) is 15.5. The number of nitrogens with zero attached hydrogens (tertiary/aromatic N) is 1. The highest BCUT2D eigenvalue weighted by atomic mass is 35.5. The predicted molar refractivity (Wildman–Crippen MR) is 112 cm³/mol. The zero-order valence-corrected chi connectivity index (χ0v) is 17.8. The van der Waals surface area contributed by atoms with E-state index in [9.17, 15) is 18.0 Å². The van der Waals surface area contributed by atoms with Crippen LogP contribution >= 0.6 is 11.6 Å². The number of fused-ring (bicyclic) bond motifs is 1. The van der Waals surface area contributed by atoms with Gasteiger partial charge >= 0.3 is 12.1 Å². The molecule has 0 saturated heterocycles. The van der Waals surface area contributed by atoms with Crippen LogP contribution in [0, 0.1) is 0 Å². The maximum atomic E-state index is 13.5. The molecular weight excluding hydrogens is 452 g/mol. The van der Waals surface area contributed by atoms with E-state index in [1.165, 1.54) is 43.5 Å². The standard InChI is InChI=1S/C19H19ClN2O8S/c1-29-17-9-13(4-5-14(17)20)31(27,28)22-10-12(3-7-18(23)24)30-16-6-2-11(8-15(16)22)21-19(25)26/h2,4-6,8-9,12,21H,3,7,10H2,1H3,(H,23,24)(H,25,26). The third kappa shape index (κ3) is 4.94. The number of ether oxygens (including phenoxy) is 2. The summed E-state index contributed by atoms with van der Waals surface area (Å²) < 4.78 is 38.9. The van der Waals surface area contributed by atoms with E-state index >= 15 is 0 Å². The fraction of sp³-hybridized carbons (Fsp3) is 0.263. The SMILES string of the molecule is COc1cc(S(=O)(=O)N2CC(CCC(=O)O)Oc3ccc(NC(=O)O)cc32)ccc1Cl. The number of carboxylic acids is 1. The predicted octanol–water partition coefficient (Wildman–Crippen LogP) is 3.26. The van der Waals surface area contributed by atoms with Gasteiger partial charge in [-0.15, -0.1) is 0 Å². The monoisotopic (exact) mass is 470 g/mol. The van der Waals surface area contributed by atoms with Crippen LogP contribution in [-0.2, 0) is 14.8 Å². The zero-order chi connectivity index (χ0) is 22.8. The molecule has 0 radical (unpaired) electrons. The Morgan fingerprint density at radius 3 is 2.65 bits per heavy atom. The molecule has 0 saturated carbocycles. The van der Waals surface area contributed by atoms with Crippen LogP contribution in [0.4, 0.5) is 16.2 Å². The van der Waals surface area contributed by atoms with Gasteiger partial charge in [0.1, 0.15) is 17.6 Å². The van der Waals surface area contributed by atoms with Gasteiger partial charge in [-0.3, -0.25) is 14.4 Å². The van der Waals surface area contributed by atoms with Gasteiger partial charge in [-0.05, 0) is 36.8 Å². The molecule has 0 aliphatic carbocycles. The van der Waals surface area contributed by atoms with Crippen LogP contribution < -0.4 is 19.1 Å². The molecule has 12 heteroatoms. The van der Waals surface area contributed by atoms with E-state index in [4.69, 9.17) is 31.3 Å². The average molecular weight is 471 g/mol. The molecule has 0 spiro atoms. The van der Waals surface area contributed by atoms with Crippen molar-refractivity contribution in [3.63, 3.8) is 0 Å². The molecule has 166 valence electrons. The van der Waals surface area contributed by atoms with Gasteiger partial charge in [-0.1, -0.05) is 11.6 Å². The Hall–Kier alpha value is -3.18. The van der Waals surface area contributed by atoms with E-state index in [1.807, 2.05) is 0 Å². The van der Waals surface area contributed by atoms with Crippen molar-refractivity contribution >= 4 is 45.1 Å². The molecule has 1 unspecified atom stereocenters. The maximum absolute atomic E-state index is 13.5.